The zero-order valence-corrected chi connectivity index (χ0v) is 6.73. The molecule has 0 spiro atoms. The van der Waals surface area contributed by atoms with Crippen LogP contribution in [0.5, 0.6) is 0 Å². The van der Waals surface area contributed by atoms with Crippen LogP contribution in [0.25, 0.3) is 0 Å². The molecule has 4 N–H and O–H groups in total. The first-order valence-corrected chi connectivity index (χ1v) is 2.60. The Morgan fingerprint density at radius 2 is 2.11 bits per heavy atom. The molecule has 1 rings (SSSR count). The predicted molar refractivity (Wildman–Crippen MR) is 43.1 cm³/mol. The summed E-state index contributed by atoms with van der Waals surface area (Å²) < 4.78 is 0. The minimum Gasteiger partial charge on any atom is -0.315 e. The van der Waals surface area contributed by atoms with Crippen LogP contribution in [-0.2, 0) is 0 Å². The third-order valence-corrected chi connectivity index (χ3v) is 1.30. The van der Waals surface area contributed by atoms with E-state index >= 15 is 0 Å². The number of nitrogens with two attached hydrogens (primary N) is 1. The Bertz CT molecular complexity index is 55.8. The lowest BCUT2D eigenvalue weighted by atomic mass is 10.3. The molecule has 3 nitrogen and oxygen atoms in total. The number of rotatable bonds is 1. The van der Waals surface area contributed by atoms with Crippen molar-refractivity contribution in [1.82, 2.24) is 10.7 Å². The van der Waals surface area contributed by atoms with Crippen LogP contribution in [0.15, 0.2) is 0 Å². The van der Waals surface area contributed by atoms with E-state index in [1.165, 1.54) is 0 Å². The van der Waals surface area contributed by atoms with Crippen molar-refractivity contribution >= 4 is 24.8 Å². The highest BCUT2D eigenvalue weighted by molar-refractivity contribution is 5.85. The van der Waals surface area contributed by atoms with Crippen molar-refractivity contribution in [2.45, 2.75) is 12.5 Å². The van der Waals surface area contributed by atoms with Gasteiger partial charge in [-0.1, -0.05) is 0 Å². The average molecular weight is 174 g/mol. The van der Waals surface area contributed by atoms with Gasteiger partial charge < -0.3 is 5.32 Å². The third kappa shape index (κ3) is 3.95. The molecule has 1 unspecified atom stereocenters. The van der Waals surface area contributed by atoms with Crippen molar-refractivity contribution in [3.05, 3.63) is 0 Å². The maximum Gasteiger partial charge on any atom is 0.0347 e. The Labute approximate surface area is 67.5 Å². The zero-order chi connectivity index (χ0) is 5.11. The van der Waals surface area contributed by atoms with E-state index < -0.39 is 0 Å². The lowest BCUT2D eigenvalue weighted by molar-refractivity contribution is 0.570. The maximum atomic E-state index is 5.14. The summed E-state index contributed by atoms with van der Waals surface area (Å²) in [6.45, 7) is 2.13. The molecule has 0 saturated carbocycles. The molecule has 5 heteroatoms. The molecule has 0 aliphatic carbocycles. The van der Waals surface area contributed by atoms with Crippen LogP contribution in [0.1, 0.15) is 6.42 Å². The molecule has 0 aromatic rings. The van der Waals surface area contributed by atoms with E-state index in [2.05, 4.69) is 10.7 Å². The number of hydrogen-bond acceptors (Lipinski definition) is 3. The van der Waals surface area contributed by atoms with Crippen molar-refractivity contribution < 1.29 is 0 Å². The molecule has 0 radical (unpaired) electrons. The first-order chi connectivity index (χ1) is 3.43. The fourth-order valence-corrected chi connectivity index (χ4v) is 0.797. The molecule has 0 amide bonds. The second-order valence-corrected chi connectivity index (χ2v) is 1.86. The van der Waals surface area contributed by atoms with Gasteiger partial charge in [0.2, 0.25) is 0 Å². The van der Waals surface area contributed by atoms with Gasteiger partial charge in [-0.05, 0) is 13.0 Å². The standard InChI is InChI=1S/C4H11N3.2ClH/c5-7-4-1-2-6-3-4;;/h4,6-7H,1-3,5H2;2*1H. The summed E-state index contributed by atoms with van der Waals surface area (Å²) >= 11 is 0. The summed E-state index contributed by atoms with van der Waals surface area (Å²) in [5, 5.41) is 3.18. The highest BCUT2D eigenvalue weighted by atomic mass is 35.5. The lowest BCUT2D eigenvalue weighted by Crippen LogP contribution is -2.36. The normalized spacial score (nSPS) is 24.3. The molecular weight excluding hydrogens is 161 g/mol. The Balaban J connectivity index is 0. The lowest BCUT2D eigenvalue weighted by Gasteiger charge is -2.02. The first-order valence-electron chi connectivity index (χ1n) is 2.60. The molecule has 0 aromatic heterocycles. The van der Waals surface area contributed by atoms with Gasteiger partial charge in [0.1, 0.15) is 0 Å². The summed E-state index contributed by atoms with van der Waals surface area (Å²) in [4.78, 5) is 0. The number of hydrazine groups is 1. The largest absolute Gasteiger partial charge is 0.315 e. The summed E-state index contributed by atoms with van der Waals surface area (Å²) in [5.41, 5.74) is 2.70. The molecule has 1 saturated heterocycles. The molecule has 1 aliphatic rings. The molecule has 1 heterocycles. The highest BCUT2D eigenvalue weighted by Crippen LogP contribution is 1.92. The minimum atomic E-state index is 0. The quantitative estimate of drug-likeness (QED) is 0.376. The van der Waals surface area contributed by atoms with Gasteiger partial charge in [0.25, 0.3) is 0 Å². The minimum absolute atomic E-state index is 0. The van der Waals surface area contributed by atoms with Crippen molar-refractivity contribution in [3.8, 4) is 0 Å². The van der Waals surface area contributed by atoms with Gasteiger partial charge in [0, 0.05) is 12.6 Å². The number of hydrogen-bond donors (Lipinski definition) is 3. The Kier molecular flexibility index (Phi) is 8.89. The van der Waals surface area contributed by atoms with Crippen LogP contribution >= 0.6 is 24.8 Å². The molecule has 1 aliphatic heterocycles. The van der Waals surface area contributed by atoms with Crippen LogP contribution < -0.4 is 16.6 Å². The van der Waals surface area contributed by atoms with E-state index in [9.17, 15) is 0 Å². The Hall–Kier alpha value is 0.460. The molecule has 58 valence electrons. The van der Waals surface area contributed by atoms with Gasteiger partial charge in [-0.15, -0.1) is 24.8 Å². The van der Waals surface area contributed by atoms with Gasteiger partial charge in [-0.3, -0.25) is 11.3 Å². The highest BCUT2D eigenvalue weighted by Gasteiger charge is 2.10. The zero-order valence-electron chi connectivity index (χ0n) is 5.09. The van der Waals surface area contributed by atoms with Gasteiger partial charge in [0.05, 0.1) is 0 Å². The van der Waals surface area contributed by atoms with Crippen LogP contribution in [0, 0.1) is 0 Å². The molecule has 1 fully saturated rings. The molecular formula is C4H13Cl2N3. The third-order valence-electron chi connectivity index (χ3n) is 1.30. The van der Waals surface area contributed by atoms with Crippen LogP contribution in [0.2, 0.25) is 0 Å². The fourth-order valence-electron chi connectivity index (χ4n) is 0.797. The van der Waals surface area contributed by atoms with E-state index in [0.717, 1.165) is 19.5 Å². The summed E-state index contributed by atoms with van der Waals surface area (Å²) in [6.07, 6.45) is 1.16. The smallest absolute Gasteiger partial charge is 0.0347 e. The Morgan fingerprint density at radius 1 is 1.44 bits per heavy atom. The van der Waals surface area contributed by atoms with Gasteiger partial charge >= 0.3 is 0 Å². The predicted octanol–water partition coefficient (Wildman–Crippen LogP) is -0.345. The topological polar surface area (TPSA) is 50.1 Å². The monoisotopic (exact) mass is 173 g/mol. The Morgan fingerprint density at radius 3 is 2.33 bits per heavy atom. The van der Waals surface area contributed by atoms with Crippen LogP contribution in [0.4, 0.5) is 0 Å². The molecule has 9 heavy (non-hydrogen) atoms. The second-order valence-electron chi connectivity index (χ2n) is 1.86. The SMILES string of the molecule is Cl.Cl.NNC1CCNC1. The van der Waals surface area contributed by atoms with E-state index in [-0.39, 0.29) is 24.8 Å². The van der Waals surface area contributed by atoms with E-state index in [4.69, 9.17) is 5.84 Å². The number of nitrogens with one attached hydrogen (secondary N) is 2. The fraction of sp³-hybridized carbons (Fsp3) is 1.00. The second kappa shape index (κ2) is 6.58. The summed E-state index contributed by atoms with van der Waals surface area (Å²) in [6, 6.07) is 0.514. The molecule has 0 aromatic carbocycles. The van der Waals surface area contributed by atoms with Crippen LogP contribution in [0.3, 0.4) is 0 Å². The van der Waals surface area contributed by atoms with Crippen molar-refractivity contribution in [2.75, 3.05) is 13.1 Å². The van der Waals surface area contributed by atoms with Gasteiger partial charge in [0.15, 0.2) is 0 Å². The van der Waals surface area contributed by atoms with E-state index in [1.807, 2.05) is 0 Å². The van der Waals surface area contributed by atoms with Crippen molar-refractivity contribution in [3.63, 3.8) is 0 Å². The van der Waals surface area contributed by atoms with Gasteiger partial charge in [-0.2, -0.15) is 0 Å². The van der Waals surface area contributed by atoms with Crippen LogP contribution in [-0.4, -0.2) is 19.1 Å². The average Bonchev–Trinajstić information content (AvgIpc) is 2.14. The molecule has 1 atom stereocenters. The number of halogens is 2. The van der Waals surface area contributed by atoms with Crippen molar-refractivity contribution in [2.24, 2.45) is 5.84 Å². The van der Waals surface area contributed by atoms with Gasteiger partial charge in [-0.25, -0.2) is 0 Å². The van der Waals surface area contributed by atoms with E-state index in [0.29, 0.717) is 6.04 Å². The maximum absolute atomic E-state index is 5.14. The van der Waals surface area contributed by atoms with E-state index in [1.54, 1.807) is 0 Å². The van der Waals surface area contributed by atoms with Crippen molar-refractivity contribution in [1.29, 1.82) is 0 Å². The molecule has 0 bridgehead atoms. The summed E-state index contributed by atoms with van der Waals surface area (Å²) in [5.74, 6) is 5.14. The summed E-state index contributed by atoms with van der Waals surface area (Å²) in [7, 11) is 0. The first kappa shape index (κ1) is 12.2.